The van der Waals surface area contributed by atoms with Gasteiger partial charge in [0.2, 0.25) is 17.7 Å². The van der Waals surface area contributed by atoms with Crippen molar-refractivity contribution in [2.24, 2.45) is 11.7 Å². The van der Waals surface area contributed by atoms with E-state index in [-0.39, 0.29) is 60.1 Å². The Kier molecular flexibility index (Phi) is 10.4. The molecule has 0 saturated heterocycles. The average molecular weight is 615 g/mol. The monoisotopic (exact) mass is 613 g/mol. The van der Waals surface area contributed by atoms with Gasteiger partial charge in [0, 0.05) is 23.1 Å². The lowest BCUT2D eigenvalue weighted by Gasteiger charge is -2.27. The van der Waals surface area contributed by atoms with Gasteiger partial charge < -0.3 is 35.1 Å². The highest BCUT2D eigenvalue weighted by Crippen LogP contribution is 2.39. The van der Waals surface area contributed by atoms with Crippen LogP contribution in [0.25, 0.3) is 0 Å². The quantitative estimate of drug-likeness (QED) is 0.423. The molecule has 1 aromatic heterocycles. The number of aromatic hydroxyl groups is 1. The zero-order chi connectivity index (χ0) is 28.0. The van der Waals surface area contributed by atoms with Crippen LogP contribution in [-0.4, -0.2) is 76.5 Å². The summed E-state index contributed by atoms with van der Waals surface area (Å²) in [7, 11) is 1.42. The lowest BCUT2D eigenvalue weighted by Crippen LogP contribution is -2.50. The first-order valence-corrected chi connectivity index (χ1v) is 13.9. The number of phenols is 1. The second kappa shape index (κ2) is 13.3. The number of fused-ring (bicyclic) bond motifs is 1. The number of benzene rings is 1. The maximum absolute atomic E-state index is 13.2. The van der Waals surface area contributed by atoms with Crippen molar-refractivity contribution in [2.45, 2.75) is 45.0 Å². The number of thioether (sulfide) groups is 1. The molecule has 208 valence electrons. The summed E-state index contributed by atoms with van der Waals surface area (Å²) in [6.07, 6.45) is 0.427. The second-order valence-corrected chi connectivity index (χ2v) is 11.0. The van der Waals surface area contributed by atoms with Crippen molar-refractivity contribution in [1.82, 2.24) is 20.4 Å². The standard InChI is InChI=1S/C24H32BrN5O7S/c1-12(2)7-15(26)23(33)30-5-6-36-24(34)20-14(17(31)8-18(35-4)21(20)25)10-38-11-16(28-19(32)9-30)22-27-13(3)29-37-22/h8,12,15-16,31H,5-7,9-11,26H2,1-4H3,(H,28,32)/t15-,16+/m1/s1. The van der Waals surface area contributed by atoms with Crippen LogP contribution in [-0.2, 0) is 20.1 Å². The Hall–Kier alpha value is -2.84. The minimum atomic E-state index is -0.821. The van der Waals surface area contributed by atoms with Gasteiger partial charge in [-0.15, -0.1) is 0 Å². The molecule has 0 saturated carbocycles. The Morgan fingerprint density at radius 1 is 1.42 bits per heavy atom. The Labute approximate surface area is 233 Å². The molecular formula is C24H32BrN5O7S. The summed E-state index contributed by atoms with van der Waals surface area (Å²) >= 11 is 4.71. The summed E-state index contributed by atoms with van der Waals surface area (Å²) in [5, 5.41) is 17.4. The van der Waals surface area contributed by atoms with E-state index in [1.807, 2.05) is 13.8 Å². The number of carbonyl (C=O) groups excluding carboxylic acids is 3. The van der Waals surface area contributed by atoms with E-state index in [0.29, 0.717) is 22.3 Å². The van der Waals surface area contributed by atoms with E-state index < -0.39 is 29.9 Å². The number of cyclic esters (lactones) is 1. The first kappa shape index (κ1) is 29.7. The van der Waals surface area contributed by atoms with Crippen molar-refractivity contribution in [1.29, 1.82) is 0 Å². The number of halogens is 1. The van der Waals surface area contributed by atoms with Crippen molar-refractivity contribution in [3.63, 3.8) is 0 Å². The maximum atomic E-state index is 13.2. The molecule has 2 atom stereocenters. The molecule has 0 unspecified atom stereocenters. The summed E-state index contributed by atoms with van der Waals surface area (Å²) in [6.45, 7) is 4.98. The Morgan fingerprint density at radius 2 is 2.16 bits per heavy atom. The number of aromatic nitrogens is 2. The number of nitrogens with one attached hydrogen (secondary N) is 1. The molecular weight excluding hydrogens is 582 g/mol. The Bertz CT molecular complexity index is 1180. The largest absolute Gasteiger partial charge is 0.507 e. The van der Waals surface area contributed by atoms with E-state index in [1.54, 1.807) is 6.92 Å². The van der Waals surface area contributed by atoms with Gasteiger partial charge in [-0.05, 0) is 35.2 Å². The molecule has 1 aliphatic heterocycles. The van der Waals surface area contributed by atoms with E-state index in [2.05, 4.69) is 31.4 Å². The number of nitrogens with zero attached hydrogens (tertiary/aromatic N) is 3. The number of rotatable bonds is 5. The molecule has 38 heavy (non-hydrogen) atoms. The van der Waals surface area contributed by atoms with Crippen molar-refractivity contribution in [3.8, 4) is 11.5 Å². The number of aryl methyl sites for hydroxylation is 1. The van der Waals surface area contributed by atoms with Gasteiger partial charge in [0.05, 0.1) is 36.3 Å². The summed E-state index contributed by atoms with van der Waals surface area (Å²) < 4.78 is 16.4. The molecule has 2 heterocycles. The fourth-order valence-electron chi connectivity index (χ4n) is 3.92. The number of nitrogens with two attached hydrogens (primary N) is 1. The fraction of sp³-hybridized carbons (Fsp3) is 0.542. The Balaban J connectivity index is 1.97. The van der Waals surface area contributed by atoms with Gasteiger partial charge in [0.1, 0.15) is 24.1 Å². The van der Waals surface area contributed by atoms with Crippen LogP contribution >= 0.6 is 27.7 Å². The molecule has 4 N–H and O–H groups in total. The summed E-state index contributed by atoms with van der Waals surface area (Å²) in [6, 6.07) is -0.104. The van der Waals surface area contributed by atoms with Crippen LogP contribution in [0.5, 0.6) is 11.5 Å². The molecule has 0 radical (unpaired) electrons. The lowest BCUT2D eigenvalue weighted by atomic mass is 10.0. The van der Waals surface area contributed by atoms with Gasteiger partial charge in [-0.25, -0.2) is 4.79 Å². The zero-order valence-corrected chi connectivity index (χ0v) is 24.1. The van der Waals surface area contributed by atoms with Gasteiger partial charge in [-0.3, -0.25) is 9.59 Å². The van der Waals surface area contributed by atoms with Gasteiger partial charge in [0.25, 0.3) is 0 Å². The summed E-state index contributed by atoms with van der Waals surface area (Å²) in [5.41, 5.74) is 6.55. The number of esters is 1. The molecule has 0 fully saturated rings. The van der Waals surface area contributed by atoms with E-state index in [0.717, 1.165) is 0 Å². The zero-order valence-electron chi connectivity index (χ0n) is 21.7. The van der Waals surface area contributed by atoms with Crippen molar-refractivity contribution >= 4 is 45.5 Å². The molecule has 0 aliphatic carbocycles. The number of ether oxygens (including phenoxy) is 2. The van der Waals surface area contributed by atoms with Crippen LogP contribution in [0, 0.1) is 12.8 Å². The van der Waals surface area contributed by atoms with Crippen LogP contribution in [0.4, 0.5) is 0 Å². The SMILES string of the molecule is COc1cc(O)c2c(c1Br)C(=O)OCCN(C(=O)[C@H](N)CC(C)C)CC(=O)N[C@H](c1nc(C)no1)CSC2. The first-order valence-electron chi connectivity index (χ1n) is 12.0. The molecule has 0 spiro atoms. The number of hydrogen-bond donors (Lipinski definition) is 3. The van der Waals surface area contributed by atoms with Crippen LogP contribution in [0.15, 0.2) is 15.1 Å². The van der Waals surface area contributed by atoms with E-state index in [4.69, 9.17) is 19.7 Å². The predicted molar refractivity (Wildman–Crippen MR) is 143 cm³/mol. The molecule has 2 aromatic rings. The van der Waals surface area contributed by atoms with Crippen molar-refractivity contribution < 1.29 is 33.5 Å². The molecule has 14 heteroatoms. The third-order valence-electron chi connectivity index (χ3n) is 5.73. The van der Waals surface area contributed by atoms with Crippen molar-refractivity contribution in [3.05, 3.63) is 33.4 Å². The molecule has 1 aromatic carbocycles. The number of phenolic OH excluding ortho intramolecular Hbond substituents is 1. The van der Waals surface area contributed by atoms with Gasteiger partial charge in [0.15, 0.2) is 5.82 Å². The highest BCUT2D eigenvalue weighted by Gasteiger charge is 2.29. The minimum absolute atomic E-state index is 0.0637. The van der Waals surface area contributed by atoms with Gasteiger partial charge >= 0.3 is 5.97 Å². The smallest absolute Gasteiger partial charge is 0.339 e. The predicted octanol–water partition coefficient (Wildman–Crippen LogP) is 2.32. The van der Waals surface area contributed by atoms with Crippen LogP contribution in [0.2, 0.25) is 0 Å². The second-order valence-electron chi connectivity index (χ2n) is 9.21. The minimum Gasteiger partial charge on any atom is -0.507 e. The van der Waals surface area contributed by atoms with Crippen molar-refractivity contribution in [2.75, 3.05) is 32.6 Å². The summed E-state index contributed by atoms with van der Waals surface area (Å²) in [4.78, 5) is 44.8. The fourth-order valence-corrected chi connectivity index (χ4v) is 5.67. The molecule has 3 rings (SSSR count). The highest BCUT2D eigenvalue weighted by atomic mass is 79.9. The lowest BCUT2D eigenvalue weighted by molar-refractivity contribution is -0.138. The molecule has 2 amide bonds. The van der Waals surface area contributed by atoms with Crippen LogP contribution < -0.4 is 15.8 Å². The van der Waals surface area contributed by atoms with Crippen LogP contribution in [0.1, 0.15) is 53.9 Å². The van der Waals surface area contributed by atoms with Gasteiger partial charge in [-0.2, -0.15) is 16.7 Å². The average Bonchev–Trinajstić information content (AvgIpc) is 3.29. The highest BCUT2D eigenvalue weighted by molar-refractivity contribution is 9.10. The van der Waals surface area contributed by atoms with Crippen LogP contribution in [0.3, 0.4) is 0 Å². The normalized spacial score (nSPS) is 18.3. The maximum Gasteiger partial charge on any atom is 0.339 e. The molecule has 0 bridgehead atoms. The number of hydrogen-bond acceptors (Lipinski definition) is 11. The van der Waals surface area contributed by atoms with E-state index in [1.165, 1.54) is 29.8 Å². The van der Waals surface area contributed by atoms with Gasteiger partial charge in [-0.1, -0.05) is 19.0 Å². The van der Waals surface area contributed by atoms with E-state index >= 15 is 0 Å². The Morgan fingerprint density at radius 3 is 2.79 bits per heavy atom. The summed E-state index contributed by atoms with van der Waals surface area (Å²) in [5.74, 6) is -0.270. The number of amides is 2. The third kappa shape index (κ3) is 7.38. The topological polar surface area (TPSA) is 170 Å². The number of carbonyl (C=O) groups is 3. The third-order valence-corrected chi connectivity index (χ3v) is 7.58. The molecule has 1 aliphatic rings. The number of methoxy groups -OCH3 is 1. The van der Waals surface area contributed by atoms with E-state index in [9.17, 15) is 19.5 Å². The first-order chi connectivity index (χ1) is 18.0. The molecule has 12 nitrogen and oxygen atoms in total.